The predicted molar refractivity (Wildman–Crippen MR) is 455 cm³/mol. The monoisotopic (exact) mass is 1610 g/mol. The number of ether oxygens (including phenoxy) is 4. The van der Waals surface area contributed by atoms with E-state index in [1.807, 2.05) is 0 Å². The number of phosphoric ester groups is 2. The second kappa shape index (κ2) is 83.5. The van der Waals surface area contributed by atoms with Crippen molar-refractivity contribution in [2.45, 2.75) is 515 Å². The summed E-state index contributed by atoms with van der Waals surface area (Å²) in [4.78, 5) is 73.3. The largest absolute Gasteiger partial charge is 0.472 e. The zero-order valence-corrected chi connectivity index (χ0v) is 74.2. The normalized spacial score (nSPS) is 13.9. The molecule has 0 amide bonds. The maximum Gasteiger partial charge on any atom is 0.472 e. The summed E-state index contributed by atoms with van der Waals surface area (Å²) in [5.74, 6) is -1.25. The van der Waals surface area contributed by atoms with Gasteiger partial charge in [-0.2, -0.15) is 0 Å². The summed E-state index contributed by atoms with van der Waals surface area (Å²) >= 11 is 0. The first-order chi connectivity index (χ1) is 53.6. The molecule has 0 aromatic carbocycles. The molecule has 0 aliphatic heterocycles. The van der Waals surface area contributed by atoms with Crippen LogP contribution in [0.2, 0.25) is 0 Å². The first-order valence-electron chi connectivity index (χ1n) is 47.2. The Morgan fingerprint density at radius 3 is 0.645 bits per heavy atom. The Balaban J connectivity index is 5.19. The number of unbranched alkanes of at least 4 members (excludes halogenated alkanes) is 62. The molecule has 0 aromatic rings. The lowest BCUT2D eigenvalue weighted by Crippen LogP contribution is -2.30. The van der Waals surface area contributed by atoms with Crippen molar-refractivity contribution in [2.24, 2.45) is 5.92 Å². The lowest BCUT2D eigenvalue weighted by Gasteiger charge is -2.21. The number of aliphatic hydroxyl groups excluding tert-OH is 1. The molecule has 654 valence electrons. The van der Waals surface area contributed by atoms with Gasteiger partial charge in [0.05, 0.1) is 26.4 Å². The van der Waals surface area contributed by atoms with Crippen LogP contribution in [0.3, 0.4) is 0 Å². The maximum absolute atomic E-state index is 13.2. The van der Waals surface area contributed by atoms with Crippen LogP contribution in [0.5, 0.6) is 0 Å². The summed E-state index contributed by atoms with van der Waals surface area (Å²) in [5, 5.41) is 10.7. The molecule has 0 aromatic heterocycles. The van der Waals surface area contributed by atoms with Crippen LogP contribution in [0.15, 0.2) is 0 Å². The standard InChI is InChI=1S/C91H178O17P2/c1-6-10-13-16-19-22-24-26-28-30-32-34-36-38-40-42-47-51-56-61-66-71-76-91(96)108-87(81-102-89(94)75-70-65-60-55-50-46-41-39-37-35-33-31-29-27-25-23-20-17-14-11-7-2)83-106-110(99,100)104-79-85(92)78-103-109(97,98)105-82-86(80-101-88(93)74-69-64-59-53-21-18-15-12-8-3)107-90(95)77-72-67-62-57-52-48-44-43-45-49-54-58-63-68-73-84(5)9-4/h84-87,92H,6-83H2,1-5H3,(H,97,98)(H,99,100)/t84?,85-,86+,87+/m0/s1. The molecule has 19 heteroatoms. The van der Waals surface area contributed by atoms with E-state index in [1.165, 1.54) is 321 Å². The zero-order valence-electron chi connectivity index (χ0n) is 72.4. The molecule has 0 saturated carbocycles. The molecule has 0 aliphatic rings. The fraction of sp³-hybridized carbons (Fsp3) is 0.956. The van der Waals surface area contributed by atoms with E-state index in [0.29, 0.717) is 25.7 Å². The van der Waals surface area contributed by atoms with Crippen LogP contribution < -0.4 is 0 Å². The van der Waals surface area contributed by atoms with Crippen LogP contribution in [0, 0.1) is 5.92 Å². The molecule has 0 rings (SSSR count). The predicted octanol–water partition coefficient (Wildman–Crippen LogP) is 28.3. The summed E-state index contributed by atoms with van der Waals surface area (Å²) in [6, 6.07) is 0. The molecule has 0 spiro atoms. The van der Waals surface area contributed by atoms with Gasteiger partial charge in [0.15, 0.2) is 12.2 Å². The molecule has 3 N–H and O–H groups in total. The SMILES string of the molecule is CCCCCCCCCCCCCCCCCCCCCCCCC(=O)O[C@H](COC(=O)CCCCCCCCCCCCCCCCCCCCCCC)COP(=O)(O)OC[C@@H](O)COP(=O)(O)OC[C@@H](COC(=O)CCCCCCCCCCC)OC(=O)CCCCCCCCCCCCCCCCC(C)CC. The minimum Gasteiger partial charge on any atom is -0.462 e. The molecule has 0 saturated heterocycles. The Morgan fingerprint density at radius 2 is 0.436 bits per heavy atom. The Morgan fingerprint density at radius 1 is 0.255 bits per heavy atom. The Labute approximate surface area is 677 Å². The fourth-order valence-corrected chi connectivity index (χ4v) is 15.9. The topological polar surface area (TPSA) is 237 Å². The molecule has 0 heterocycles. The first kappa shape index (κ1) is 108. The van der Waals surface area contributed by atoms with Gasteiger partial charge in [-0.1, -0.05) is 446 Å². The Bertz CT molecular complexity index is 2080. The molecule has 6 atom stereocenters. The summed E-state index contributed by atoms with van der Waals surface area (Å²) in [6.45, 7) is 7.42. The summed E-state index contributed by atoms with van der Waals surface area (Å²) in [5.41, 5.74) is 0. The highest BCUT2D eigenvalue weighted by atomic mass is 31.2. The number of carbonyl (C=O) groups excluding carboxylic acids is 4. The van der Waals surface area contributed by atoms with E-state index in [-0.39, 0.29) is 25.7 Å². The fourth-order valence-electron chi connectivity index (χ4n) is 14.3. The van der Waals surface area contributed by atoms with Crippen molar-refractivity contribution in [3.05, 3.63) is 0 Å². The third-order valence-electron chi connectivity index (χ3n) is 21.9. The molecule has 0 radical (unpaired) electrons. The number of hydrogen-bond donors (Lipinski definition) is 3. The lowest BCUT2D eigenvalue weighted by atomic mass is 9.99. The van der Waals surface area contributed by atoms with Gasteiger partial charge >= 0.3 is 39.5 Å². The Kier molecular flexibility index (Phi) is 82.1. The second-order valence-corrected chi connectivity index (χ2v) is 35.8. The van der Waals surface area contributed by atoms with E-state index in [4.69, 9.17) is 37.0 Å². The van der Waals surface area contributed by atoms with Gasteiger partial charge in [-0.25, -0.2) is 9.13 Å². The first-order valence-corrected chi connectivity index (χ1v) is 50.2. The van der Waals surface area contributed by atoms with E-state index in [2.05, 4.69) is 34.6 Å². The van der Waals surface area contributed by atoms with Gasteiger partial charge in [-0.3, -0.25) is 37.3 Å². The van der Waals surface area contributed by atoms with Crippen molar-refractivity contribution >= 4 is 39.5 Å². The van der Waals surface area contributed by atoms with Gasteiger partial charge in [0, 0.05) is 25.7 Å². The summed E-state index contributed by atoms with van der Waals surface area (Å²) < 4.78 is 69.0. The lowest BCUT2D eigenvalue weighted by molar-refractivity contribution is -0.161. The summed E-state index contributed by atoms with van der Waals surface area (Å²) in [7, 11) is -9.93. The third kappa shape index (κ3) is 82.6. The minimum absolute atomic E-state index is 0.108. The highest BCUT2D eigenvalue weighted by Gasteiger charge is 2.31. The van der Waals surface area contributed by atoms with Gasteiger partial charge in [0.2, 0.25) is 0 Å². The Hall–Kier alpha value is -1.94. The van der Waals surface area contributed by atoms with Crippen LogP contribution in [0.1, 0.15) is 497 Å². The van der Waals surface area contributed by atoms with E-state index in [9.17, 15) is 43.2 Å². The highest BCUT2D eigenvalue weighted by molar-refractivity contribution is 7.47. The number of carbonyl (C=O) groups is 4. The molecule has 110 heavy (non-hydrogen) atoms. The molecule has 0 aliphatic carbocycles. The number of esters is 4. The van der Waals surface area contributed by atoms with Crippen molar-refractivity contribution < 1.29 is 80.2 Å². The van der Waals surface area contributed by atoms with Gasteiger partial charge in [0.1, 0.15) is 19.3 Å². The number of hydrogen-bond acceptors (Lipinski definition) is 15. The molecule has 0 fully saturated rings. The third-order valence-corrected chi connectivity index (χ3v) is 23.8. The second-order valence-electron chi connectivity index (χ2n) is 32.9. The molecular formula is C91H178O17P2. The van der Waals surface area contributed by atoms with E-state index in [1.54, 1.807) is 0 Å². The number of rotatable bonds is 91. The van der Waals surface area contributed by atoms with E-state index >= 15 is 0 Å². The van der Waals surface area contributed by atoms with Crippen molar-refractivity contribution in [3.8, 4) is 0 Å². The van der Waals surface area contributed by atoms with Crippen LogP contribution in [0.25, 0.3) is 0 Å². The van der Waals surface area contributed by atoms with Crippen LogP contribution in [-0.2, 0) is 65.4 Å². The van der Waals surface area contributed by atoms with Gasteiger partial charge in [-0.15, -0.1) is 0 Å². The van der Waals surface area contributed by atoms with Crippen LogP contribution in [-0.4, -0.2) is 96.7 Å². The molecular weight excluding hydrogens is 1430 g/mol. The van der Waals surface area contributed by atoms with E-state index in [0.717, 1.165) is 95.8 Å². The maximum atomic E-state index is 13.2. The smallest absolute Gasteiger partial charge is 0.462 e. The molecule has 0 bridgehead atoms. The van der Waals surface area contributed by atoms with Crippen LogP contribution >= 0.6 is 15.6 Å². The number of phosphoric acid groups is 2. The molecule has 17 nitrogen and oxygen atoms in total. The highest BCUT2D eigenvalue weighted by Crippen LogP contribution is 2.45. The number of aliphatic hydroxyl groups is 1. The quantitative estimate of drug-likeness (QED) is 0.0222. The minimum atomic E-state index is -4.97. The van der Waals surface area contributed by atoms with Gasteiger partial charge in [0.25, 0.3) is 0 Å². The van der Waals surface area contributed by atoms with Crippen molar-refractivity contribution in [3.63, 3.8) is 0 Å². The zero-order chi connectivity index (χ0) is 80.4. The van der Waals surface area contributed by atoms with Crippen molar-refractivity contribution in [1.29, 1.82) is 0 Å². The van der Waals surface area contributed by atoms with Crippen molar-refractivity contribution in [1.82, 2.24) is 0 Å². The molecule has 3 unspecified atom stereocenters. The van der Waals surface area contributed by atoms with Gasteiger partial charge in [-0.05, 0) is 31.6 Å². The van der Waals surface area contributed by atoms with Crippen molar-refractivity contribution in [2.75, 3.05) is 39.6 Å². The van der Waals surface area contributed by atoms with Gasteiger partial charge < -0.3 is 33.8 Å². The van der Waals surface area contributed by atoms with E-state index < -0.39 is 97.5 Å². The average Bonchev–Trinajstić information content (AvgIpc) is 0.899. The summed E-state index contributed by atoms with van der Waals surface area (Å²) in [6.07, 6.45) is 79.4. The average molecular weight is 1610 g/mol. The van der Waals surface area contributed by atoms with Crippen LogP contribution in [0.4, 0.5) is 0 Å².